The van der Waals surface area contributed by atoms with Crippen molar-refractivity contribution in [2.75, 3.05) is 0 Å². The van der Waals surface area contributed by atoms with E-state index in [0.717, 1.165) is 22.3 Å². The van der Waals surface area contributed by atoms with Crippen LogP contribution in [0.4, 0.5) is 0 Å². The number of nitrogens with two attached hydrogens (primary N) is 1. The van der Waals surface area contributed by atoms with Crippen molar-refractivity contribution >= 4 is 39.0 Å². The molecule has 0 aliphatic rings. The first-order valence-electron chi connectivity index (χ1n) is 6.77. The largest absolute Gasteiger partial charge is 0.327 e. The van der Waals surface area contributed by atoms with Gasteiger partial charge in [-0.05, 0) is 41.4 Å². The van der Waals surface area contributed by atoms with Gasteiger partial charge in [0.2, 0.25) is 0 Å². The number of hydrogen-bond donors (Lipinski definition) is 2. The fourth-order valence-corrected chi connectivity index (χ4v) is 4.74. The van der Waals surface area contributed by atoms with Gasteiger partial charge in [0, 0.05) is 22.7 Å². The lowest BCUT2D eigenvalue weighted by atomic mass is 10.2. The quantitative estimate of drug-likeness (QED) is 0.584. The maximum Gasteiger partial charge on any atom is 0.251 e. The molecule has 21 heavy (non-hydrogen) atoms. The first kappa shape index (κ1) is 16.7. The average molecular weight is 388 g/mol. The zero-order valence-electron chi connectivity index (χ0n) is 11.9. The van der Waals surface area contributed by atoms with E-state index < -0.39 is 0 Å². The molecule has 2 rings (SSSR count). The topological polar surface area (TPSA) is 71.8 Å². The molecule has 0 radical (unpaired) electrons. The Kier molecular flexibility index (Phi) is 6.04. The molecule has 2 aromatic rings. The highest BCUT2D eigenvalue weighted by Gasteiger charge is 2.21. The number of nitrogens with one attached hydrogen (secondary N) is 1. The minimum absolute atomic E-state index is 0.0410. The van der Waals surface area contributed by atoms with Gasteiger partial charge in [-0.15, -0.1) is 11.3 Å². The van der Waals surface area contributed by atoms with E-state index in [-0.39, 0.29) is 16.9 Å². The van der Waals surface area contributed by atoms with Crippen LogP contribution >= 0.6 is 39.0 Å². The Labute approximate surface area is 140 Å². The molecule has 7 heteroatoms. The highest BCUT2D eigenvalue weighted by molar-refractivity contribution is 9.11. The summed E-state index contributed by atoms with van der Waals surface area (Å²) >= 11 is 6.65. The summed E-state index contributed by atoms with van der Waals surface area (Å²) in [5, 5.41) is 0.707. The summed E-state index contributed by atoms with van der Waals surface area (Å²) in [5.41, 5.74) is 6.84. The molecule has 3 N–H and O–H groups in total. The molecule has 114 valence electrons. The summed E-state index contributed by atoms with van der Waals surface area (Å²) in [6, 6.07) is 5.60. The van der Waals surface area contributed by atoms with Gasteiger partial charge in [-0.25, -0.2) is 4.98 Å². The van der Waals surface area contributed by atoms with Crippen molar-refractivity contribution in [3.05, 3.63) is 42.9 Å². The van der Waals surface area contributed by atoms with Crippen LogP contribution in [0.2, 0.25) is 0 Å². The third-order valence-corrected chi connectivity index (χ3v) is 6.08. The number of aromatic amines is 1. The van der Waals surface area contributed by atoms with E-state index in [2.05, 4.69) is 38.9 Å². The Morgan fingerprint density at radius 3 is 2.86 bits per heavy atom. The number of thiophene rings is 1. The minimum Gasteiger partial charge on any atom is -0.327 e. The summed E-state index contributed by atoms with van der Waals surface area (Å²) in [7, 11) is 0. The summed E-state index contributed by atoms with van der Waals surface area (Å²) < 4.78 is 1.07. The molecule has 0 spiro atoms. The van der Waals surface area contributed by atoms with Gasteiger partial charge in [-0.1, -0.05) is 25.1 Å². The van der Waals surface area contributed by atoms with Gasteiger partial charge >= 0.3 is 0 Å². The van der Waals surface area contributed by atoms with Crippen LogP contribution in [0.5, 0.6) is 0 Å². The highest BCUT2D eigenvalue weighted by Crippen LogP contribution is 2.39. The van der Waals surface area contributed by atoms with Crippen LogP contribution in [0, 0.1) is 0 Å². The molecule has 0 amide bonds. The van der Waals surface area contributed by atoms with E-state index in [0.29, 0.717) is 5.16 Å². The van der Waals surface area contributed by atoms with E-state index in [1.165, 1.54) is 16.6 Å². The second-order valence-electron chi connectivity index (χ2n) is 4.83. The Morgan fingerprint density at radius 1 is 1.52 bits per heavy atom. The molecule has 0 aliphatic heterocycles. The number of aryl methyl sites for hydroxylation is 1. The van der Waals surface area contributed by atoms with Gasteiger partial charge in [0.15, 0.2) is 5.16 Å². The lowest BCUT2D eigenvalue weighted by Gasteiger charge is -2.18. The van der Waals surface area contributed by atoms with Crippen molar-refractivity contribution in [3.8, 4) is 0 Å². The lowest BCUT2D eigenvalue weighted by molar-refractivity contribution is 0.723. The Bertz CT molecular complexity index is 654. The van der Waals surface area contributed by atoms with E-state index in [9.17, 15) is 4.79 Å². The van der Waals surface area contributed by atoms with Crippen molar-refractivity contribution < 1.29 is 0 Å². The van der Waals surface area contributed by atoms with Gasteiger partial charge < -0.3 is 10.7 Å². The van der Waals surface area contributed by atoms with Gasteiger partial charge in [-0.2, -0.15) is 0 Å². The van der Waals surface area contributed by atoms with Crippen LogP contribution < -0.4 is 11.3 Å². The predicted octanol–water partition coefficient (Wildman–Crippen LogP) is 3.73. The number of thioether (sulfide) groups is 1. The molecular formula is C14H18BrN3OS2. The normalized spacial score (nSPS) is 14.1. The zero-order valence-corrected chi connectivity index (χ0v) is 15.1. The number of nitrogens with zero attached hydrogens (tertiary/aromatic N) is 1. The van der Waals surface area contributed by atoms with Crippen LogP contribution in [0.15, 0.2) is 31.9 Å². The second-order valence-corrected chi connectivity index (χ2v) is 8.46. The van der Waals surface area contributed by atoms with Gasteiger partial charge in [-0.3, -0.25) is 4.79 Å². The monoisotopic (exact) mass is 387 g/mol. The minimum atomic E-state index is -0.105. The van der Waals surface area contributed by atoms with Gasteiger partial charge in [0.25, 0.3) is 5.56 Å². The Hall–Kier alpha value is -0.630. The van der Waals surface area contributed by atoms with E-state index >= 15 is 0 Å². The fraction of sp³-hybridized carbons (Fsp3) is 0.429. The van der Waals surface area contributed by atoms with Crippen molar-refractivity contribution in [1.29, 1.82) is 0 Å². The third kappa shape index (κ3) is 4.67. The van der Waals surface area contributed by atoms with Crippen LogP contribution in [0.3, 0.4) is 0 Å². The molecule has 2 heterocycles. The standard InChI is InChI=1S/C14H18BrN3OS2/c1-3-4-9-7-12(19)18-14(17-9)21-13(8(2)16)10-5-6-11(15)20-10/h5-8,13H,3-4,16H2,1-2H3,(H,17,18,19). The van der Waals surface area contributed by atoms with E-state index in [4.69, 9.17) is 5.73 Å². The molecule has 0 fully saturated rings. The molecule has 0 aromatic carbocycles. The Balaban J connectivity index is 2.27. The van der Waals surface area contributed by atoms with Crippen LogP contribution in [0.25, 0.3) is 0 Å². The first-order valence-corrected chi connectivity index (χ1v) is 9.26. The van der Waals surface area contributed by atoms with Crippen LogP contribution in [-0.2, 0) is 6.42 Å². The predicted molar refractivity (Wildman–Crippen MR) is 93.1 cm³/mol. The van der Waals surface area contributed by atoms with Gasteiger partial charge in [0.1, 0.15) is 0 Å². The fourth-order valence-electron chi connectivity index (χ4n) is 1.95. The smallest absolute Gasteiger partial charge is 0.251 e. The van der Waals surface area contributed by atoms with Crippen LogP contribution in [0.1, 0.15) is 36.1 Å². The molecule has 2 atom stereocenters. The summed E-state index contributed by atoms with van der Waals surface area (Å²) in [5.74, 6) is 0. The Morgan fingerprint density at radius 2 is 2.29 bits per heavy atom. The van der Waals surface area contributed by atoms with Crippen molar-refractivity contribution in [2.45, 2.75) is 43.1 Å². The van der Waals surface area contributed by atoms with Crippen molar-refractivity contribution in [1.82, 2.24) is 9.97 Å². The molecule has 0 bridgehead atoms. The number of hydrogen-bond acceptors (Lipinski definition) is 5. The van der Waals surface area contributed by atoms with Gasteiger partial charge in [0.05, 0.1) is 9.04 Å². The van der Waals surface area contributed by atoms with Crippen molar-refractivity contribution in [2.24, 2.45) is 5.73 Å². The van der Waals surface area contributed by atoms with E-state index in [1.807, 2.05) is 13.0 Å². The summed E-state index contributed by atoms with van der Waals surface area (Å²) in [6.07, 6.45) is 1.78. The average Bonchev–Trinajstić information content (AvgIpc) is 2.82. The molecule has 0 saturated heterocycles. The van der Waals surface area contributed by atoms with Crippen molar-refractivity contribution in [3.63, 3.8) is 0 Å². The highest BCUT2D eigenvalue weighted by atomic mass is 79.9. The third-order valence-electron chi connectivity index (χ3n) is 2.87. The SMILES string of the molecule is CCCc1cc(=O)[nH]c(SC(c2ccc(Br)s2)C(C)N)n1. The zero-order chi connectivity index (χ0) is 15.4. The molecule has 0 aliphatic carbocycles. The first-order chi connectivity index (χ1) is 9.99. The summed E-state index contributed by atoms with van der Waals surface area (Å²) in [4.78, 5) is 20.2. The number of H-pyrrole nitrogens is 1. The molecule has 4 nitrogen and oxygen atoms in total. The number of halogens is 1. The molecule has 2 unspecified atom stereocenters. The number of rotatable bonds is 6. The second kappa shape index (κ2) is 7.58. The maximum absolute atomic E-state index is 11.7. The van der Waals surface area contributed by atoms with Crippen LogP contribution in [-0.4, -0.2) is 16.0 Å². The molecule has 0 saturated carbocycles. The molecular weight excluding hydrogens is 370 g/mol. The lowest BCUT2D eigenvalue weighted by Crippen LogP contribution is -2.22. The number of aromatic nitrogens is 2. The molecule has 2 aromatic heterocycles. The summed E-state index contributed by atoms with van der Waals surface area (Å²) in [6.45, 7) is 4.04. The maximum atomic E-state index is 11.7. The van der Waals surface area contributed by atoms with E-state index in [1.54, 1.807) is 17.4 Å².